The van der Waals surface area contributed by atoms with Gasteiger partial charge in [0.05, 0.1) is 0 Å². The lowest BCUT2D eigenvalue weighted by atomic mass is 9.85. The lowest BCUT2D eigenvalue weighted by Crippen LogP contribution is -2.55. The lowest BCUT2D eigenvalue weighted by molar-refractivity contribution is -0.118. The van der Waals surface area contributed by atoms with E-state index in [1.165, 1.54) is 6.92 Å². The Hall–Kier alpha value is -1.31. The Morgan fingerprint density at radius 3 is 1.74 bits per heavy atom. The van der Waals surface area contributed by atoms with Crippen molar-refractivity contribution >= 4 is 25.6 Å². The second-order valence-electron chi connectivity index (χ2n) is 6.16. The second-order valence-corrected chi connectivity index (χ2v) is 10.6. The van der Waals surface area contributed by atoms with Crippen molar-refractivity contribution < 1.29 is 48.0 Å². The fourth-order valence-electron chi connectivity index (χ4n) is 2.85. The molecule has 0 aromatic carbocycles. The molecule has 2 atom stereocenters. The van der Waals surface area contributed by atoms with Gasteiger partial charge in [0.2, 0.25) is 5.91 Å². The highest BCUT2D eigenvalue weighted by atomic mass is 32.3. The van der Waals surface area contributed by atoms with Gasteiger partial charge in [-0.15, -0.1) is 0 Å². The monoisotopic (exact) mass is 445 g/mol. The average Bonchev–Trinajstić information content (AvgIpc) is 2.46. The number of carbonyl (C=O) groups excluding carboxylic acids is 1. The standard InChI is InChI=1S/C13H17F6NO5S2/c1-7(2)10(21)20-9-6-4-3-5-8(9)11(26(22,23)12(14,15)16)27(24,25)13(17,18)19/h8-9,11H,1,3-6H2,2H3,(H,20,21). The first-order chi connectivity index (χ1) is 11.9. The van der Waals surface area contributed by atoms with E-state index < -0.39 is 59.6 Å². The Balaban J connectivity index is 3.58. The van der Waals surface area contributed by atoms with E-state index in [0.29, 0.717) is 0 Å². The van der Waals surface area contributed by atoms with Gasteiger partial charge in [0, 0.05) is 17.5 Å². The van der Waals surface area contributed by atoms with Crippen LogP contribution in [-0.4, -0.2) is 44.4 Å². The zero-order valence-corrected chi connectivity index (χ0v) is 15.5. The first-order valence-electron chi connectivity index (χ1n) is 7.51. The summed E-state index contributed by atoms with van der Waals surface area (Å²) in [5.74, 6) is -3.06. The number of halogens is 6. The van der Waals surface area contributed by atoms with Crippen LogP contribution >= 0.6 is 0 Å². The number of sulfone groups is 2. The third-order valence-corrected chi connectivity index (χ3v) is 8.86. The maximum absolute atomic E-state index is 13.0. The van der Waals surface area contributed by atoms with Gasteiger partial charge in [-0.1, -0.05) is 19.4 Å². The van der Waals surface area contributed by atoms with Gasteiger partial charge in [-0.2, -0.15) is 26.3 Å². The van der Waals surface area contributed by atoms with Gasteiger partial charge in [-0.25, -0.2) is 16.8 Å². The molecule has 0 heterocycles. The van der Waals surface area contributed by atoms with Gasteiger partial charge in [-0.05, 0) is 19.8 Å². The normalized spacial score (nSPS) is 22.5. The molecular weight excluding hydrogens is 428 g/mol. The number of amides is 1. The third kappa shape index (κ3) is 4.76. The molecule has 0 aromatic rings. The molecular formula is C13H17F6NO5S2. The van der Waals surface area contributed by atoms with Gasteiger partial charge in [-0.3, -0.25) is 4.79 Å². The minimum Gasteiger partial charge on any atom is -0.349 e. The maximum Gasteiger partial charge on any atom is 0.498 e. The SMILES string of the molecule is C=C(C)C(=O)NC1CCCCC1C(S(=O)(=O)C(F)(F)F)S(=O)(=O)C(F)(F)F. The molecule has 6 nitrogen and oxygen atoms in total. The van der Waals surface area contributed by atoms with E-state index in [1.807, 2.05) is 0 Å². The first kappa shape index (κ1) is 23.7. The van der Waals surface area contributed by atoms with Crippen molar-refractivity contribution in [2.45, 2.75) is 54.2 Å². The van der Waals surface area contributed by atoms with E-state index in [2.05, 4.69) is 11.9 Å². The summed E-state index contributed by atoms with van der Waals surface area (Å²) in [6.45, 7) is 4.47. The van der Waals surface area contributed by atoms with Crippen molar-refractivity contribution in [3.05, 3.63) is 12.2 Å². The van der Waals surface area contributed by atoms with Crippen molar-refractivity contribution in [2.75, 3.05) is 0 Å². The quantitative estimate of drug-likeness (QED) is 0.518. The molecule has 0 aromatic heterocycles. The van der Waals surface area contributed by atoms with Gasteiger partial charge < -0.3 is 5.32 Å². The molecule has 1 fully saturated rings. The minimum atomic E-state index is -6.75. The summed E-state index contributed by atoms with van der Waals surface area (Å²) in [5, 5.41) is 2.09. The molecule has 158 valence electrons. The molecule has 2 unspecified atom stereocenters. The molecule has 1 aliphatic carbocycles. The lowest BCUT2D eigenvalue weighted by Gasteiger charge is -2.37. The second kappa shape index (κ2) is 7.60. The van der Waals surface area contributed by atoms with E-state index in [0.717, 1.165) is 0 Å². The topological polar surface area (TPSA) is 97.4 Å². The van der Waals surface area contributed by atoms with Gasteiger partial charge >= 0.3 is 11.0 Å². The van der Waals surface area contributed by atoms with Gasteiger partial charge in [0.25, 0.3) is 19.7 Å². The summed E-state index contributed by atoms with van der Waals surface area (Å²) in [6, 6.07) is -1.51. The summed E-state index contributed by atoms with van der Waals surface area (Å²) in [4.78, 5) is 11.7. The number of rotatable bonds is 5. The van der Waals surface area contributed by atoms with Crippen molar-refractivity contribution in [3.63, 3.8) is 0 Å². The van der Waals surface area contributed by atoms with Crippen molar-refractivity contribution in [3.8, 4) is 0 Å². The largest absolute Gasteiger partial charge is 0.498 e. The number of hydrogen-bond acceptors (Lipinski definition) is 5. The number of alkyl halides is 6. The van der Waals surface area contributed by atoms with Crippen LogP contribution in [0.15, 0.2) is 12.2 Å². The molecule has 0 radical (unpaired) electrons. The fourth-order valence-corrected chi connectivity index (χ4v) is 6.93. The van der Waals surface area contributed by atoms with Crippen LogP contribution in [0.5, 0.6) is 0 Å². The van der Waals surface area contributed by atoms with Crippen LogP contribution in [0.25, 0.3) is 0 Å². The highest BCUT2D eigenvalue weighted by Crippen LogP contribution is 2.43. The zero-order chi connectivity index (χ0) is 21.4. The van der Waals surface area contributed by atoms with E-state index in [9.17, 15) is 48.0 Å². The molecule has 1 rings (SSSR count). The summed E-state index contributed by atoms with van der Waals surface area (Å²) in [7, 11) is -13.5. The molecule has 0 bridgehead atoms. The van der Waals surface area contributed by atoms with Crippen molar-refractivity contribution in [1.82, 2.24) is 5.32 Å². The van der Waals surface area contributed by atoms with Crippen LogP contribution < -0.4 is 5.32 Å². The predicted octanol–water partition coefficient (Wildman–Crippen LogP) is 2.43. The number of carbonyl (C=O) groups is 1. The van der Waals surface area contributed by atoms with E-state index >= 15 is 0 Å². The van der Waals surface area contributed by atoms with Crippen LogP contribution in [0.3, 0.4) is 0 Å². The van der Waals surface area contributed by atoms with Crippen LogP contribution in [0.2, 0.25) is 0 Å². The Kier molecular flexibility index (Phi) is 6.68. The molecule has 1 aliphatic rings. The van der Waals surface area contributed by atoms with E-state index in [-0.39, 0.29) is 24.8 Å². The van der Waals surface area contributed by atoms with Crippen LogP contribution in [0.4, 0.5) is 26.3 Å². The first-order valence-corrected chi connectivity index (χ1v) is 10.6. The summed E-state index contributed by atoms with van der Waals surface area (Å²) >= 11 is 0. The van der Waals surface area contributed by atoms with Crippen LogP contribution in [0, 0.1) is 5.92 Å². The summed E-state index contributed by atoms with van der Waals surface area (Å²) < 4.78 is 121. The smallest absolute Gasteiger partial charge is 0.349 e. The minimum absolute atomic E-state index is 0.00135. The van der Waals surface area contributed by atoms with E-state index in [1.54, 1.807) is 0 Å². The van der Waals surface area contributed by atoms with Gasteiger partial charge in [0.1, 0.15) is 0 Å². The molecule has 0 spiro atoms. The Morgan fingerprint density at radius 2 is 1.37 bits per heavy atom. The Labute approximate surface area is 151 Å². The highest BCUT2D eigenvalue weighted by molar-refractivity contribution is 8.09. The molecule has 27 heavy (non-hydrogen) atoms. The molecule has 1 amide bonds. The zero-order valence-electron chi connectivity index (χ0n) is 13.9. The van der Waals surface area contributed by atoms with E-state index in [4.69, 9.17) is 0 Å². The Morgan fingerprint density at radius 1 is 0.963 bits per heavy atom. The summed E-state index contributed by atoms with van der Waals surface area (Å²) in [6.07, 6.45) is -0.485. The molecule has 0 aliphatic heterocycles. The molecule has 0 saturated heterocycles. The summed E-state index contributed by atoms with van der Waals surface area (Å²) in [5.41, 5.74) is -12.6. The predicted molar refractivity (Wildman–Crippen MR) is 82.4 cm³/mol. The van der Waals surface area contributed by atoms with Crippen LogP contribution in [-0.2, 0) is 24.5 Å². The molecule has 14 heteroatoms. The Bertz CT molecular complexity index is 756. The van der Waals surface area contributed by atoms with Gasteiger partial charge in [0.15, 0.2) is 4.58 Å². The molecule has 1 saturated carbocycles. The van der Waals surface area contributed by atoms with Crippen molar-refractivity contribution in [1.29, 1.82) is 0 Å². The molecule has 1 N–H and O–H groups in total. The highest BCUT2D eigenvalue weighted by Gasteiger charge is 2.66. The van der Waals surface area contributed by atoms with Crippen molar-refractivity contribution in [2.24, 2.45) is 5.92 Å². The number of nitrogens with one attached hydrogen (secondary N) is 1. The fraction of sp³-hybridized carbons (Fsp3) is 0.769. The van der Waals surface area contributed by atoms with Crippen LogP contribution in [0.1, 0.15) is 32.6 Å². The number of hydrogen-bond donors (Lipinski definition) is 1. The average molecular weight is 445 g/mol. The third-order valence-electron chi connectivity index (χ3n) is 4.13. The maximum atomic E-state index is 13.0.